The third-order valence-electron chi connectivity index (χ3n) is 3.22. The number of imidazole rings is 2. The fourth-order valence-corrected chi connectivity index (χ4v) is 2.29. The molecule has 0 amide bonds. The number of aromatic amines is 1. The first-order chi connectivity index (χ1) is 9.69. The normalized spacial score (nSPS) is 12.8. The van der Waals surface area contributed by atoms with E-state index in [2.05, 4.69) is 38.7 Å². The van der Waals surface area contributed by atoms with E-state index in [-0.39, 0.29) is 0 Å². The molecule has 5 nitrogen and oxygen atoms in total. The van der Waals surface area contributed by atoms with E-state index in [1.807, 2.05) is 12.5 Å². The SMILES string of the molecule is CCCCc1nc(Cl)c(CNC(C)Cn2ccnc2)[nH]1. The van der Waals surface area contributed by atoms with Crippen LogP contribution in [0.5, 0.6) is 0 Å². The predicted octanol–water partition coefficient (Wildman–Crippen LogP) is 2.78. The van der Waals surface area contributed by atoms with E-state index in [9.17, 15) is 0 Å². The van der Waals surface area contributed by atoms with Crippen LogP contribution in [0.2, 0.25) is 5.15 Å². The number of nitrogens with zero attached hydrogens (tertiary/aromatic N) is 3. The van der Waals surface area contributed by atoms with E-state index in [0.29, 0.717) is 17.7 Å². The maximum atomic E-state index is 6.15. The van der Waals surface area contributed by atoms with Crippen LogP contribution in [-0.4, -0.2) is 25.6 Å². The lowest BCUT2D eigenvalue weighted by Gasteiger charge is -2.13. The van der Waals surface area contributed by atoms with Crippen LogP contribution >= 0.6 is 11.6 Å². The molecule has 2 heterocycles. The summed E-state index contributed by atoms with van der Waals surface area (Å²) in [6.07, 6.45) is 8.83. The van der Waals surface area contributed by atoms with Gasteiger partial charge in [-0.1, -0.05) is 24.9 Å². The topological polar surface area (TPSA) is 58.5 Å². The van der Waals surface area contributed by atoms with Crippen LogP contribution in [-0.2, 0) is 19.5 Å². The average Bonchev–Trinajstić information content (AvgIpc) is 3.04. The zero-order valence-corrected chi connectivity index (χ0v) is 12.8. The minimum absolute atomic E-state index is 0.336. The van der Waals surface area contributed by atoms with Gasteiger partial charge in [-0.3, -0.25) is 0 Å². The molecule has 0 fully saturated rings. The number of rotatable bonds is 8. The third-order valence-corrected chi connectivity index (χ3v) is 3.53. The van der Waals surface area contributed by atoms with Gasteiger partial charge in [0.25, 0.3) is 0 Å². The molecule has 110 valence electrons. The number of H-pyrrole nitrogens is 1. The highest BCUT2D eigenvalue weighted by atomic mass is 35.5. The number of hydrogen-bond donors (Lipinski definition) is 2. The van der Waals surface area contributed by atoms with Gasteiger partial charge in [-0.25, -0.2) is 9.97 Å². The van der Waals surface area contributed by atoms with Crippen LogP contribution in [0.25, 0.3) is 0 Å². The number of hydrogen-bond acceptors (Lipinski definition) is 3. The van der Waals surface area contributed by atoms with E-state index in [0.717, 1.165) is 37.3 Å². The Morgan fingerprint density at radius 2 is 2.35 bits per heavy atom. The van der Waals surface area contributed by atoms with Gasteiger partial charge >= 0.3 is 0 Å². The minimum atomic E-state index is 0.336. The van der Waals surface area contributed by atoms with Crippen LogP contribution in [0.3, 0.4) is 0 Å². The molecule has 0 spiro atoms. The molecule has 2 N–H and O–H groups in total. The largest absolute Gasteiger partial charge is 0.344 e. The third kappa shape index (κ3) is 4.35. The standard InChI is InChI=1S/C14H22ClN5/c1-3-4-5-13-18-12(14(15)19-13)8-17-11(2)9-20-7-6-16-10-20/h6-7,10-11,17H,3-5,8-9H2,1-2H3,(H,18,19). The summed E-state index contributed by atoms with van der Waals surface area (Å²) in [4.78, 5) is 11.7. The van der Waals surface area contributed by atoms with Crippen molar-refractivity contribution in [2.75, 3.05) is 0 Å². The van der Waals surface area contributed by atoms with Gasteiger partial charge in [-0.05, 0) is 13.3 Å². The number of nitrogens with one attached hydrogen (secondary N) is 2. The predicted molar refractivity (Wildman–Crippen MR) is 80.7 cm³/mol. The Morgan fingerprint density at radius 1 is 1.50 bits per heavy atom. The van der Waals surface area contributed by atoms with E-state index in [1.54, 1.807) is 6.20 Å². The quantitative estimate of drug-likeness (QED) is 0.787. The summed E-state index contributed by atoms with van der Waals surface area (Å²) < 4.78 is 2.05. The molecule has 0 aliphatic heterocycles. The Balaban J connectivity index is 1.82. The molecular formula is C14H22ClN5. The van der Waals surface area contributed by atoms with E-state index in [1.165, 1.54) is 0 Å². The number of halogens is 1. The number of unbranched alkanes of at least 4 members (excludes halogenated alkanes) is 1. The van der Waals surface area contributed by atoms with Crippen molar-refractivity contribution in [3.8, 4) is 0 Å². The molecule has 2 rings (SSSR count). The van der Waals surface area contributed by atoms with Gasteiger partial charge in [0.05, 0.1) is 12.0 Å². The molecule has 6 heteroatoms. The molecule has 0 aliphatic carbocycles. The maximum Gasteiger partial charge on any atom is 0.151 e. The van der Waals surface area contributed by atoms with E-state index in [4.69, 9.17) is 11.6 Å². The Hall–Kier alpha value is -1.33. The summed E-state index contributed by atoms with van der Waals surface area (Å²) in [5, 5.41) is 4.03. The summed E-state index contributed by atoms with van der Waals surface area (Å²) in [6.45, 7) is 5.90. The Bertz CT molecular complexity index is 506. The smallest absolute Gasteiger partial charge is 0.151 e. The van der Waals surface area contributed by atoms with E-state index < -0.39 is 0 Å². The summed E-state index contributed by atoms with van der Waals surface area (Å²) in [5.41, 5.74) is 0.968. The van der Waals surface area contributed by atoms with Gasteiger partial charge in [0.15, 0.2) is 5.15 Å². The fraction of sp³-hybridized carbons (Fsp3) is 0.571. The van der Waals surface area contributed by atoms with Crippen molar-refractivity contribution in [1.29, 1.82) is 0 Å². The Kier molecular flexibility index (Phi) is 5.61. The van der Waals surface area contributed by atoms with Crippen LogP contribution in [0.4, 0.5) is 0 Å². The second-order valence-corrected chi connectivity index (χ2v) is 5.46. The zero-order chi connectivity index (χ0) is 14.4. The molecule has 0 radical (unpaired) electrons. The highest BCUT2D eigenvalue weighted by Crippen LogP contribution is 2.14. The molecule has 0 aliphatic rings. The van der Waals surface area contributed by atoms with Crippen molar-refractivity contribution in [2.24, 2.45) is 0 Å². The molecule has 0 bridgehead atoms. The second kappa shape index (κ2) is 7.45. The van der Waals surface area contributed by atoms with Gasteiger partial charge in [-0.15, -0.1) is 0 Å². The number of aromatic nitrogens is 4. The first-order valence-electron chi connectivity index (χ1n) is 7.11. The van der Waals surface area contributed by atoms with Crippen LogP contribution in [0.1, 0.15) is 38.2 Å². The van der Waals surface area contributed by atoms with Crippen LogP contribution < -0.4 is 5.32 Å². The zero-order valence-electron chi connectivity index (χ0n) is 12.1. The molecule has 20 heavy (non-hydrogen) atoms. The molecule has 2 aromatic rings. The summed E-state index contributed by atoms with van der Waals surface area (Å²) in [6, 6.07) is 0.336. The fourth-order valence-electron chi connectivity index (χ4n) is 2.07. The minimum Gasteiger partial charge on any atom is -0.344 e. The molecule has 0 aromatic carbocycles. The van der Waals surface area contributed by atoms with Crippen LogP contribution in [0.15, 0.2) is 18.7 Å². The summed E-state index contributed by atoms with van der Waals surface area (Å²) in [5.74, 6) is 0.982. The summed E-state index contributed by atoms with van der Waals surface area (Å²) >= 11 is 6.15. The average molecular weight is 296 g/mol. The molecule has 1 atom stereocenters. The second-order valence-electron chi connectivity index (χ2n) is 5.10. The van der Waals surface area contributed by atoms with Gasteiger partial charge in [-0.2, -0.15) is 0 Å². The monoisotopic (exact) mass is 295 g/mol. The molecule has 0 saturated carbocycles. The number of aryl methyl sites for hydroxylation is 1. The van der Waals surface area contributed by atoms with Gasteiger partial charge in [0.1, 0.15) is 5.82 Å². The van der Waals surface area contributed by atoms with Crippen molar-refractivity contribution >= 4 is 11.6 Å². The Morgan fingerprint density at radius 3 is 3.05 bits per heavy atom. The van der Waals surface area contributed by atoms with Gasteiger partial charge in [0, 0.05) is 37.9 Å². The van der Waals surface area contributed by atoms with Crippen molar-refractivity contribution < 1.29 is 0 Å². The molecule has 1 unspecified atom stereocenters. The van der Waals surface area contributed by atoms with Crippen molar-refractivity contribution in [2.45, 2.75) is 52.2 Å². The molecular weight excluding hydrogens is 274 g/mol. The maximum absolute atomic E-state index is 6.15. The summed E-state index contributed by atoms with van der Waals surface area (Å²) in [7, 11) is 0. The Labute approximate surface area is 124 Å². The van der Waals surface area contributed by atoms with Gasteiger partial charge < -0.3 is 14.9 Å². The lowest BCUT2D eigenvalue weighted by Crippen LogP contribution is -2.29. The van der Waals surface area contributed by atoms with Crippen molar-refractivity contribution in [3.05, 3.63) is 35.4 Å². The lowest BCUT2D eigenvalue weighted by molar-refractivity contribution is 0.473. The van der Waals surface area contributed by atoms with Crippen molar-refractivity contribution in [1.82, 2.24) is 24.8 Å². The van der Waals surface area contributed by atoms with Gasteiger partial charge in [0.2, 0.25) is 0 Å². The van der Waals surface area contributed by atoms with Crippen molar-refractivity contribution in [3.63, 3.8) is 0 Å². The first-order valence-corrected chi connectivity index (χ1v) is 7.49. The van der Waals surface area contributed by atoms with Crippen LogP contribution in [0, 0.1) is 0 Å². The van der Waals surface area contributed by atoms with E-state index >= 15 is 0 Å². The highest BCUT2D eigenvalue weighted by Gasteiger charge is 2.09. The lowest BCUT2D eigenvalue weighted by atomic mass is 10.2. The molecule has 2 aromatic heterocycles. The first kappa shape index (κ1) is 15.1. The molecule has 0 saturated heterocycles. The highest BCUT2D eigenvalue weighted by molar-refractivity contribution is 6.30.